The van der Waals surface area contributed by atoms with Gasteiger partial charge in [0, 0.05) is 12.0 Å². The number of rotatable bonds is 0. The fourth-order valence-corrected chi connectivity index (χ4v) is 3.10. The van der Waals surface area contributed by atoms with Crippen molar-refractivity contribution in [2.75, 3.05) is 13.1 Å². The molecule has 0 aromatic rings. The lowest BCUT2D eigenvalue weighted by Gasteiger charge is -2.36. The molecule has 0 radical (unpaired) electrons. The number of nitrogens with one attached hydrogen (secondary N) is 1. The van der Waals surface area contributed by atoms with Crippen LogP contribution >= 0.6 is 0 Å². The molecule has 1 heterocycles. The van der Waals surface area contributed by atoms with E-state index in [1.165, 1.54) is 25.7 Å². The number of aliphatic hydroxyl groups excluding tert-OH is 1. The van der Waals surface area contributed by atoms with Crippen molar-refractivity contribution < 1.29 is 5.11 Å². The van der Waals surface area contributed by atoms with Crippen LogP contribution in [-0.4, -0.2) is 24.3 Å². The second kappa shape index (κ2) is 3.58. The van der Waals surface area contributed by atoms with Gasteiger partial charge in [0.25, 0.3) is 0 Å². The summed E-state index contributed by atoms with van der Waals surface area (Å²) in [5.74, 6) is 0.653. The first-order valence-corrected chi connectivity index (χ1v) is 5.64. The molecule has 2 nitrogen and oxygen atoms in total. The highest BCUT2D eigenvalue weighted by molar-refractivity contribution is 4.98. The molecule has 0 bridgehead atoms. The van der Waals surface area contributed by atoms with Gasteiger partial charge in [-0.25, -0.2) is 0 Å². The number of hydrogen-bond acceptors (Lipinski definition) is 2. The van der Waals surface area contributed by atoms with E-state index in [9.17, 15) is 5.11 Å². The molecule has 3 unspecified atom stereocenters. The van der Waals surface area contributed by atoms with Crippen LogP contribution in [0.4, 0.5) is 0 Å². The van der Waals surface area contributed by atoms with Crippen molar-refractivity contribution in [3.63, 3.8) is 0 Å². The minimum atomic E-state index is -0.0556. The van der Waals surface area contributed by atoms with Crippen LogP contribution in [0, 0.1) is 11.3 Å². The molecule has 0 amide bonds. The smallest absolute Gasteiger partial charge is 0.0611 e. The maximum atomic E-state index is 10.2. The van der Waals surface area contributed by atoms with Crippen LogP contribution in [0.1, 0.15) is 39.0 Å². The quantitative estimate of drug-likeness (QED) is 0.597. The Morgan fingerprint density at radius 2 is 2.15 bits per heavy atom. The predicted molar refractivity (Wildman–Crippen MR) is 53.6 cm³/mol. The van der Waals surface area contributed by atoms with Gasteiger partial charge in [-0.2, -0.15) is 0 Å². The van der Waals surface area contributed by atoms with Gasteiger partial charge in [-0.05, 0) is 25.3 Å². The molecular weight excluding hydrogens is 162 g/mol. The molecule has 1 spiro atoms. The van der Waals surface area contributed by atoms with Crippen molar-refractivity contribution >= 4 is 0 Å². The average Bonchev–Trinajstić information content (AvgIpc) is 2.36. The summed E-state index contributed by atoms with van der Waals surface area (Å²) in [5.41, 5.74) is 0.219. The lowest BCUT2D eigenvalue weighted by atomic mass is 9.71. The first-order chi connectivity index (χ1) is 6.26. The molecule has 76 valence electrons. The highest BCUT2D eigenvalue weighted by Gasteiger charge is 2.45. The highest BCUT2D eigenvalue weighted by Crippen LogP contribution is 2.43. The molecule has 1 aliphatic carbocycles. The molecule has 2 heteroatoms. The Morgan fingerprint density at radius 3 is 2.85 bits per heavy atom. The van der Waals surface area contributed by atoms with Gasteiger partial charge in [0.2, 0.25) is 0 Å². The summed E-state index contributed by atoms with van der Waals surface area (Å²) in [6.07, 6.45) is 6.03. The van der Waals surface area contributed by atoms with E-state index in [0.717, 1.165) is 19.5 Å². The van der Waals surface area contributed by atoms with E-state index in [4.69, 9.17) is 0 Å². The Morgan fingerprint density at radius 1 is 1.31 bits per heavy atom. The molecule has 2 N–H and O–H groups in total. The zero-order valence-electron chi connectivity index (χ0n) is 8.55. The lowest BCUT2D eigenvalue weighted by Crippen LogP contribution is -2.40. The first-order valence-electron chi connectivity index (χ1n) is 5.64. The summed E-state index contributed by atoms with van der Waals surface area (Å²) in [4.78, 5) is 0. The van der Waals surface area contributed by atoms with Crippen molar-refractivity contribution in [1.29, 1.82) is 0 Å². The molecule has 2 aliphatic rings. The first kappa shape index (κ1) is 9.47. The summed E-state index contributed by atoms with van der Waals surface area (Å²) in [5, 5.41) is 13.6. The van der Waals surface area contributed by atoms with Gasteiger partial charge in [0.05, 0.1) is 6.10 Å². The molecule has 1 saturated carbocycles. The SMILES string of the molecule is CC1CNCC12CCCCCC2O. The minimum absolute atomic E-state index is 0.0556. The van der Waals surface area contributed by atoms with Gasteiger partial charge in [-0.15, -0.1) is 0 Å². The Hall–Kier alpha value is -0.0800. The van der Waals surface area contributed by atoms with Gasteiger partial charge in [-0.1, -0.05) is 26.2 Å². The van der Waals surface area contributed by atoms with Crippen LogP contribution in [0.15, 0.2) is 0 Å². The van der Waals surface area contributed by atoms with Crippen molar-refractivity contribution in [2.45, 2.75) is 45.1 Å². The van der Waals surface area contributed by atoms with E-state index in [0.29, 0.717) is 5.92 Å². The molecule has 0 aromatic carbocycles. The second-order valence-corrected chi connectivity index (χ2v) is 4.88. The van der Waals surface area contributed by atoms with Crippen LogP contribution < -0.4 is 5.32 Å². The van der Waals surface area contributed by atoms with E-state index in [2.05, 4.69) is 12.2 Å². The van der Waals surface area contributed by atoms with Gasteiger partial charge in [0.15, 0.2) is 0 Å². The topological polar surface area (TPSA) is 32.3 Å². The molecule has 3 atom stereocenters. The third-order valence-electron chi connectivity index (χ3n) is 4.17. The van der Waals surface area contributed by atoms with Crippen LogP contribution in [0.2, 0.25) is 0 Å². The molecular formula is C11H21NO. The summed E-state index contributed by atoms with van der Waals surface area (Å²) >= 11 is 0. The zero-order chi connectivity index (χ0) is 9.31. The molecule has 2 rings (SSSR count). The van der Waals surface area contributed by atoms with E-state index < -0.39 is 0 Å². The van der Waals surface area contributed by atoms with E-state index >= 15 is 0 Å². The van der Waals surface area contributed by atoms with E-state index in [1.54, 1.807) is 0 Å². The summed E-state index contributed by atoms with van der Waals surface area (Å²) < 4.78 is 0. The van der Waals surface area contributed by atoms with Gasteiger partial charge >= 0.3 is 0 Å². The average molecular weight is 183 g/mol. The number of hydrogen-bond donors (Lipinski definition) is 2. The molecule has 1 saturated heterocycles. The highest BCUT2D eigenvalue weighted by atomic mass is 16.3. The van der Waals surface area contributed by atoms with Crippen LogP contribution in [0.25, 0.3) is 0 Å². The Bertz CT molecular complexity index is 183. The van der Waals surface area contributed by atoms with Crippen LogP contribution in [0.3, 0.4) is 0 Å². The van der Waals surface area contributed by atoms with E-state index in [1.807, 2.05) is 0 Å². The maximum Gasteiger partial charge on any atom is 0.0611 e. The van der Waals surface area contributed by atoms with Crippen LogP contribution in [0.5, 0.6) is 0 Å². The fourth-order valence-electron chi connectivity index (χ4n) is 3.10. The third-order valence-corrected chi connectivity index (χ3v) is 4.17. The maximum absolute atomic E-state index is 10.2. The molecule has 2 fully saturated rings. The van der Waals surface area contributed by atoms with Crippen molar-refractivity contribution in [3.05, 3.63) is 0 Å². The summed E-state index contributed by atoms with van der Waals surface area (Å²) in [6, 6.07) is 0. The predicted octanol–water partition coefficient (Wildman–Crippen LogP) is 1.54. The lowest BCUT2D eigenvalue weighted by molar-refractivity contribution is 0.00569. The second-order valence-electron chi connectivity index (χ2n) is 4.88. The normalized spacial score (nSPS) is 46.6. The van der Waals surface area contributed by atoms with Gasteiger partial charge < -0.3 is 10.4 Å². The third kappa shape index (κ3) is 1.50. The van der Waals surface area contributed by atoms with Gasteiger partial charge in [-0.3, -0.25) is 0 Å². The zero-order valence-corrected chi connectivity index (χ0v) is 8.55. The Labute approximate surface area is 80.7 Å². The van der Waals surface area contributed by atoms with Crippen LogP contribution in [-0.2, 0) is 0 Å². The molecule has 13 heavy (non-hydrogen) atoms. The minimum Gasteiger partial charge on any atom is -0.392 e. The fraction of sp³-hybridized carbons (Fsp3) is 1.00. The summed E-state index contributed by atoms with van der Waals surface area (Å²) in [6.45, 7) is 4.42. The van der Waals surface area contributed by atoms with Gasteiger partial charge in [0.1, 0.15) is 0 Å². The Kier molecular flexibility index (Phi) is 2.61. The van der Waals surface area contributed by atoms with Crippen molar-refractivity contribution in [3.8, 4) is 0 Å². The number of aliphatic hydroxyl groups is 1. The van der Waals surface area contributed by atoms with E-state index in [-0.39, 0.29) is 11.5 Å². The summed E-state index contributed by atoms with van der Waals surface area (Å²) in [7, 11) is 0. The van der Waals surface area contributed by atoms with Crippen molar-refractivity contribution in [2.24, 2.45) is 11.3 Å². The largest absolute Gasteiger partial charge is 0.392 e. The molecule has 0 aromatic heterocycles. The monoisotopic (exact) mass is 183 g/mol. The molecule has 1 aliphatic heterocycles. The Balaban J connectivity index is 2.16. The van der Waals surface area contributed by atoms with Crippen molar-refractivity contribution in [1.82, 2.24) is 5.32 Å². The standard InChI is InChI=1S/C11H21NO/c1-9-7-12-8-11(9)6-4-2-3-5-10(11)13/h9-10,12-13H,2-8H2,1H3.